The van der Waals surface area contributed by atoms with E-state index >= 15 is 0 Å². The summed E-state index contributed by atoms with van der Waals surface area (Å²) in [5, 5.41) is 3.30. The molecule has 2 aromatic heterocycles. The number of hydrogen-bond acceptors (Lipinski definition) is 3. The molecule has 5 heteroatoms. The lowest BCUT2D eigenvalue weighted by molar-refractivity contribution is 0.0215. The molecular weight excluding hydrogens is 300 g/mol. The molecule has 5 heterocycles. The molecule has 3 aliphatic rings. The second-order valence-corrected chi connectivity index (χ2v) is 7.02. The van der Waals surface area contributed by atoms with Gasteiger partial charge in [-0.15, -0.1) is 0 Å². The number of amides is 1. The highest BCUT2D eigenvalue weighted by atomic mass is 16.2. The first-order valence-corrected chi connectivity index (χ1v) is 8.76. The minimum absolute atomic E-state index is 0.0261. The summed E-state index contributed by atoms with van der Waals surface area (Å²) in [6.07, 6.45) is 5.98. The number of fused-ring (bicyclic) bond motifs is 3. The van der Waals surface area contributed by atoms with Crippen LogP contribution in [0.15, 0.2) is 36.7 Å². The van der Waals surface area contributed by atoms with Gasteiger partial charge in [0.2, 0.25) is 0 Å². The van der Waals surface area contributed by atoms with Crippen LogP contribution in [0.25, 0.3) is 11.3 Å². The maximum atomic E-state index is 12.8. The molecule has 0 unspecified atom stereocenters. The number of pyridine rings is 1. The Kier molecular flexibility index (Phi) is 3.88. The van der Waals surface area contributed by atoms with Crippen LogP contribution < -0.4 is 5.32 Å². The zero-order valence-electron chi connectivity index (χ0n) is 14.3. The topological polar surface area (TPSA) is 50.2 Å². The summed E-state index contributed by atoms with van der Waals surface area (Å²) in [6.45, 7) is 4.59. The Bertz CT molecular complexity index is 729. The van der Waals surface area contributed by atoms with E-state index in [0.717, 1.165) is 11.3 Å². The van der Waals surface area contributed by atoms with Gasteiger partial charge in [0.25, 0.3) is 5.91 Å². The summed E-state index contributed by atoms with van der Waals surface area (Å²) in [5.41, 5.74) is 2.74. The third-order valence-electron chi connectivity index (χ3n) is 5.79. The minimum Gasteiger partial charge on any atom is -0.346 e. The first-order chi connectivity index (χ1) is 11.6. The summed E-state index contributed by atoms with van der Waals surface area (Å²) in [5.74, 6) is 0.644. The second-order valence-electron chi connectivity index (χ2n) is 7.02. The van der Waals surface area contributed by atoms with Crippen LogP contribution in [0.4, 0.5) is 0 Å². The number of hydrogen-bond donors (Lipinski definition) is 1. The molecule has 2 aromatic rings. The molecule has 0 saturated carbocycles. The lowest BCUT2D eigenvalue weighted by Crippen LogP contribution is -2.62. The molecule has 2 bridgehead atoms. The van der Waals surface area contributed by atoms with Crippen LogP contribution in [0.3, 0.4) is 0 Å². The van der Waals surface area contributed by atoms with Crippen molar-refractivity contribution < 1.29 is 4.79 Å². The standard InChI is InChI=1S/C19H24N4O/c1-13-18(14-7-10-23(13)11-8-14)21-19(24)17-6-5-16(22(17)2)15-4-3-9-20-12-15/h3-6,9,12-14,18H,7-8,10-11H2,1-2H3,(H,21,24)/t13-,18+/m1/s1. The van der Waals surface area contributed by atoms with Crippen molar-refractivity contribution in [1.29, 1.82) is 0 Å². The largest absolute Gasteiger partial charge is 0.346 e. The first kappa shape index (κ1) is 15.4. The van der Waals surface area contributed by atoms with Crippen molar-refractivity contribution in [3.8, 4) is 11.3 Å². The molecule has 2 atom stereocenters. The van der Waals surface area contributed by atoms with Gasteiger partial charge in [0.15, 0.2) is 0 Å². The van der Waals surface area contributed by atoms with E-state index < -0.39 is 0 Å². The van der Waals surface area contributed by atoms with E-state index in [2.05, 4.69) is 22.1 Å². The van der Waals surface area contributed by atoms with Crippen LogP contribution >= 0.6 is 0 Å². The van der Waals surface area contributed by atoms with Crippen molar-refractivity contribution in [2.45, 2.75) is 31.8 Å². The Morgan fingerprint density at radius 1 is 1.25 bits per heavy atom. The van der Waals surface area contributed by atoms with Crippen molar-refractivity contribution in [1.82, 2.24) is 19.8 Å². The number of nitrogens with zero attached hydrogens (tertiary/aromatic N) is 3. The molecular formula is C19H24N4O. The van der Waals surface area contributed by atoms with E-state index in [1.54, 1.807) is 6.20 Å². The van der Waals surface area contributed by atoms with Gasteiger partial charge in [-0.2, -0.15) is 0 Å². The van der Waals surface area contributed by atoms with Crippen LogP contribution in [0.5, 0.6) is 0 Å². The fourth-order valence-electron chi connectivity index (χ4n) is 4.31. The molecule has 24 heavy (non-hydrogen) atoms. The van der Waals surface area contributed by atoms with Crippen LogP contribution in [0.2, 0.25) is 0 Å². The molecule has 126 valence electrons. The molecule has 3 fully saturated rings. The third kappa shape index (κ3) is 2.53. The first-order valence-electron chi connectivity index (χ1n) is 8.76. The summed E-state index contributed by atoms with van der Waals surface area (Å²) < 4.78 is 1.96. The van der Waals surface area contributed by atoms with Crippen LogP contribution in [-0.4, -0.2) is 45.5 Å². The highest BCUT2D eigenvalue weighted by Gasteiger charge is 2.40. The second kappa shape index (κ2) is 6.06. The smallest absolute Gasteiger partial charge is 0.268 e. The van der Waals surface area contributed by atoms with Crippen LogP contribution in [0.1, 0.15) is 30.3 Å². The highest BCUT2D eigenvalue weighted by Crippen LogP contribution is 2.32. The van der Waals surface area contributed by atoms with Crippen molar-refractivity contribution in [3.63, 3.8) is 0 Å². The molecule has 0 aromatic carbocycles. The Morgan fingerprint density at radius 2 is 2.04 bits per heavy atom. The lowest BCUT2D eigenvalue weighted by Gasteiger charge is -2.49. The Labute approximate surface area is 142 Å². The van der Waals surface area contributed by atoms with Crippen LogP contribution in [-0.2, 0) is 7.05 Å². The normalized spacial score (nSPS) is 28.8. The molecule has 0 aliphatic carbocycles. The lowest BCUT2D eigenvalue weighted by atomic mass is 9.79. The Hall–Kier alpha value is -2.14. The van der Waals surface area contributed by atoms with Gasteiger partial charge in [0.05, 0.1) is 0 Å². The van der Waals surface area contributed by atoms with Crippen molar-refractivity contribution in [2.75, 3.05) is 13.1 Å². The monoisotopic (exact) mass is 324 g/mol. The number of carbonyl (C=O) groups is 1. The maximum Gasteiger partial charge on any atom is 0.268 e. The number of carbonyl (C=O) groups excluding carboxylic acids is 1. The van der Waals surface area contributed by atoms with Crippen molar-refractivity contribution in [3.05, 3.63) is 42.4 Å². The molecule has 0 spiro atoms. The van der Waals surface area contributed by atoms with Gasteiger partial charge in [-0.05, 0) is 63.0 Å². The number of rotatable bonds is 3. The fraction of sp³-hybridized carbons (Fsp3) is 0.474. The van der Waals surface area contributed by atoms with Gasteiger partial charge >= 0.3 is 0 Å². The molecule has 1 amide bonds. The average molecular weight is 324 g/mol. The van der Waals surface area contributed by atoms with E-state index in [9.17, 15) is 4.79 Å². The molecule has 3 saturated heterocycles. The van der Waals surface area contributed by atoms with Crippen molar-refractivity contribution >= 4 is 5.91 Å². The molecule has 0 radical (unpaired) electrons. The zero-order chi connectivity index (χ0) is 16.7. The van der Waals surface area contributed by atoms with E-state index in [0.29, 0.717) is 17.7 Å². The van der Waals surface area contributed by atoms with E-state index in [-0.39, 0.29) is 11.9 Å². The Morgan fingerprint density at radius 3 is 2.71 bits per heavy atom. The zero-order valence-corrected chi connectivity index (χ0v) is 14.3. The SMILES string of the molecule is C[C@@H]1[C@H](NC(=O)c2ccc(-c3cccnc3)n2C)C2CCN1CC2. The van der Waals surface area contributed by atoms with Gasteiger partial charge in [-0.1, -0.05) is 0 Å². The number of nitrogens with one attached hydrogen (secondary N) is 1. The quantitative estimate of drug-likeness (QED) is 0.942. The summed E-state index contributed by atoms with van der Waals surface area (Å²) in [4.78, 5) is 19.5. The Balaban J connectivity index is 1.54. The predicted octanol–water partition coefficient (Wildman–Crippen LogP) is 2.30. The fourth-order valence-corrected chi connectivity index (χ4v) is 4.31. The minimum atomic E-state index is 0.0261. The van der Waals surface area contributed by atoms with Crippen LogP contribution in [0, 0.1) is 5.92 Å². The van der Waals surface area contributed by atoms with E-state index in [1.807, 2.05) is 42.1 Å². The molecule has 3 aliphatic heterocycles. The summed E-state index contributed by atoms with van der Waals surface area (Å²) in [7, 11) is 1.94. The molecule has 5 nitrogen and oxygen atoms in total. The van der Waals surface area contributed by atoms with Gasteiger partial charge < -0.3 is 9.88 Å². The van der Waals surface area contributed by atoms with Gasteiger partial charge in [-0.25, -0.2) is 0 Å². The van der Waals surface area contributed by atoms with Gasteiger partial charge in [0, 0.05) is 42.8 Å². The predicted molar refractivity (Wildman–Crippen MR) is 93.7 cm³/mol. The highest BCUT2D eigenvalue weighted by molar-refractivity contribution is 5.94. The maximum absolute atomic E-state index is 12.8. The van der Waals surface area contributed by atoms with E-state index in [1.165, 1.54) is 25.9 Å². The molecule has 1 N–H and O–H groups in total. The summed E-state index contributed by atoms with van der Waals surface area (Å²) in [6, 6.07) is 8.52. The van der Waals surface area contributed by atoms with E-state index in [4.69, 9.17) is 0 Å². The molecule has 5 rings (SSSR count). The summed E-state index contributed by atoms with van der Waals surface area (Å²) >= 11 is 0. The van der Waals surface area contributed by atoms with Gasteiger partial charge in [-0.3, -0.25) is 14.7 Å². The van der Waals surface area contributed by atoms with Gasteiger partial charge in [0.1, 0.15) is 5.69 Å². The number of aromatic nitrogens is 2. The third-order valence-corrected chi connectivity index (χ3v) is 5.79. The van der Waals surface area contributed by atoms with Crippen molar-refractivity contribution in [2.24, 2.45) is 13.0 Å². The average Bonchev–Trinajstić information content (AvgIpc) is 3.01. The number of piperidine rings is 3.